The van der Waals surface area contributed by atoms with E-state index in [1.807, 2.05) is 73.8 Å². The Morgan fingerprint density at radius 2 is 1.81 bits per heavy atom. The Bertz CT molecular complexity index is 1560. The fourth-order valence-electron chi connectivity index (χ4n) is 5.70. The van der Waals surface area contributed by atoms with Gasteiger partial charge in [0, 0.05) is 74.9 Å². The number of benzene rings is 1. The Morgan fingerprint density at radius 3 is 2.55 bits per heavy atom. The summed E-state index contributed by atoms with van der Waals surface area (Å²) in [5.41, 5.74) is 5.92. The van der Waals surface area contributed by atoms with E-state index >= 15 is 0 Å². The van der Waals surface area contributed by atoms with Crippen LogP contribution in [-0.4, -0.2) is 83.7 Å². The molecule has 1 aliphatic heterocycles. The van der Waals surface area contributed by atoms with Gasteiger partial charge in [-0.05, 0) is 33.1 Å². The molecule has 1 amide bonds. The minimum Gasteiger partial charge on any atom is -0.444 e. The first kappa shape index (κ1) is 27.9. The number of piperazine rings is 1. The number of aryl methyl sites for hydroxylation is 1. The van der Waals surface area contributed by atoms with Crippen LogP contribution in [0.5, 0.6) is 0 Å². The lowest BCUT2D eigenvalue weighted by atomic mass is 9.85. The van der Waals surface area contributed by atoms with Crippen LogP contribution in [0.2, 0.25) is 0 Å². The fourth-order valence-corrected chi connectivity index (χ4v) is 5.70. The smallest absolute Gasteiger partial charge is 0.410 e. The highest BCUT2D eigenvalue weighted by molar-refractivity contribution is 5.84. The summed E-state index contributed by atoms with van der Waals surface area (Å²) in [5, 5.41) is 12.9. The molecule has 1 fully saturated rings. The number of ether oxygens (including phenoxy) is 1. The molecule has 0 unspecified atom stereocenters. The molecule has 1 aliphatic carbocycles. The molecule has 11 nitrogen and oxygen atoms in total. The van der Waals surface area contributed by atoms with E-state index in [9.17, 15) is 4.79 Å². The van der Waals surface area contributed by atoms with Gasteiger partial charge in [0.1, 0.15) is 5.60 Å². The monoisotopic (exact) mass is 569 g/mol. The van der Waals surface area contributed by atoms with Crippen molar-refractivity contribution in [3.05, 3.63) is 60.0 Å². The molecule has 2 aliphatic rings. The minimum absolute atomic E-state index is 0.236. The van der Waals surface area contributed by atoms with E-state index in [1.54, 1.807) is 4.90 Å². The molecule has 4 aromatic rings. The minimum atomic E-state index is -0.477. The topological polar surface area (TPSA) is 106 Å². The molecule has 0 spiro atoms. The zero-order valence-corrected chi connectivity index (χ0v) is 25.0. The van der Waals surface area contributed by atoms with Gasteiger partial charge in [0.25, 0.3) is 0 Å². The Balaban J connectivity index is 1.11. The SMILES string of the molecule is C[C@@H]1Cc2nn(C)c(-c3ccccc3)c2-c2nc(Nc3ccn(CCN4CCN(C(=O)OC(C)(C)C)CC4)n3)ncc21. The first-order valence-electron chi connectivity index (χ1n) is 14.6. The maximum atomic E-state index is 12.3. The maximum absolute atomic E-state index is 12.3. The number of hydrogen-bond acceptors (Lipinski definition) is 8. The number of hydrogen-bond donors (Lipinski definition) is 1. The third kappa shape index (κ3) is 5.87. The molecule has 0 radical (unpaired) electrons. The van der Waals surface area contributed by atoms with Crippen LogP contribution in [0.4, 0.5) is 16.6 Å². The number of carbonyl (C=O) groups is 1. The molecule has 3 aromatic heterocycles. The van der Waals surface area contributed by atoms with Crippen LogP contribution in [0.1, 0.15) is 44.9 Å². The Labute approximate surface area is 246 Å². The summed E-state index contributed by atoms with van der Waals surface area (Å²) in [7, 11) is 2.00. The fraction of sp³-hybridized carbons (Fsp3) is 0.452. The summed E-state index contributed by atoms with van der Waals surface area (Å²) in [6.45, 7) is 12.4. The second-order valence-corrected chi connectivity index (χ2v) is 12.2. The lowest BCUT2D eigenvalue weighted by Gasteiger charge is -2.35. The molecule has 4 heterocycles. The van der Waals surface area contributed by atoms with Crippen LogP contribution in [0.15, 0.2) is 48.8 Å². The van der Waals surface area contributed by atoms with Gasteiger partial charge >= 0.3 is 6.09 Å². The number of fused-ring (bicyclic) bond motifs is 3. The third-order valence-corrected chi connectivity index (χ3v) is 7.80. The van der Waals surface area contributed by atoms with E-state index < -0.39 is 5.60 Å². The lowest BCUT2D eigenvalue weighted by Crippen LogP contribution is -2.50. The summed E-state index contributed by atoms with van der Waals surface area (Å²) in [6.07, 6.45) is 4.53. The lowest BCUT2D eigenvalue weighted by molar-refractivity contribution is 0.0142. The highest BCUT2D eigenvalue weighted by atomic mass is 16.6. The zero-order chi connectivity index (χ0) is 29.4. The van der Waals surface area contributed by atoms with Crippen LogP contribution in [-0.2, 0) is 24.8 Å². The van der Waals surface area contributed by atoms with Gasteiger partial charge in [0.2, 0.25) is 5.95 Å². The number of aromatic nitrogens is 6. The second-order valence-electron chi connectivity index (χ2n) is 12.2. The third-order valence-electron chi connectivity index (χ3n) is 7.80. The van der Waals surface area contributed by atoms with Crippen molar-refractivity contribution in [1.82, 2.24) is 39.3 Å². The standard InChI is InChI=1S/C31H39N9O2/c1-21-19-24-26(28(37(5)35-24)22-9-7-6-8-10-22)27-23(21)20-32-29(34-27)33-25-11-12-40(36-25)18-15-38-13-16-39(17-14-38)30(41)42-31(2,3)4/h6-12,20-21H,13-19H2,1-5H3,(H,32,33,34,36)/t21-/m1/s1. The van der Waals surface area contributed by atoms with Crippen molar-refractivity contribution in [2.45, 2.75) is 52.2 Å². The average Bonchev–Trinajstić information content (AvgIpc) is 3.54. The molecule has 11 heteroatoms. The highest BCUT2D eigenvalue weighted by Gasteiger charge is 2.31. The van der Waals surface area contributed by atoms with Crippen LogP contribution >= 0.6 is 0 Å². The Morgan fingerprint density at radius 1 is 1.05 bits per heavy atom. The molecule has 42 heavy (non-hydrogen) atoms. The van der Waals surface area contributed by atoms with Crippen molar-refractivity contribution in [1.29, 1.82) is 0 Å². The van der Waals surface area contributed by atoms with Crippen molar-refractivity contribution in [2.24, 2.45) is 7.05 Å². The van der Waals surface area contributed by atoms with E-state index in [-0.39, 0.29) is 12.0 Å². The molecular weight excluding hydrogens is 530 g/mol. The molecular formula is C31H39N9O2. The van der Waals surface area contributed by atoms with Gasteiger partial charge in [0.05, 0.1) is 23.6 Å². The normalized spacial score (nSPS) is 17.1. The van der Waals surface area contributed by atoms with Gasteiger partial charge < -0.3 is 15.0 Å². The summed E-state index contributed by atoms with van der Waals surface area (Å²) < 4.78 is 9.40. The summed E-state index contributed by atoms with van der Waals surface area (Å²) in [5.74, 6) is 1.49. The highest BCUT2D eigenvalue weighted by Crippen LogP contribution is 2.43. The maximum Gasteiger partial charge on any atom is 0.410 e. The molecule has 220 valence electrons. The summed E-state index contributed by atoms with van der Waals surface area (Å²) >= 11 is 0. The van der Waals surface area contributed by atoms with Crippen molar-refractivity contribution >= 4 is 17.9 Å². The molecule has 1 saturated heterocycles. The molecule has 1 atom stereocenters. The molecule has 0 bridgehead atoms. The van der Waals surface area contributed by atoms with Crippen molar-refractivity contribution in [3.8, 4) is 22.5 Å². The second kappa shape index (κ2) is 11.2. The number of amides is 1. The van der Waals surface area contributed by atoms with Gasteiger partial charge in [-0.3, -0.25) is 14.3 Å². The summed E-state index contributed by atoms with van der Waals surface area (Å²) in [4.78, 5) is 26.1. The van der Waals surface area contributed by atoms with E-state index in [4.69, 9.17) is 19.9 Å². The Hall–Kier alpha value is -4.25. The van der Waals surface area contributed by atoms with Crippen molar-refractivity contribution < 1.29 is 9.53 Å². The molecule has 1 N–H and O–H groups in total. The predicted molar refractivity (Wildman–Crippen MR) is 162 cm³/mol. The van der Waals surface area contributed by atoms with E-state index in [2.05, 4.69) is 34.3 Å². The Kier molecular flexibility index (Phi) is 7.44. The quantitative estimate of drug-likeness (QED) is 0.356. The van der Waals surface area contributed by atoms with Crippen LogP contribution in [0, 0.1) is 0 Å². The number of nitrogens with zero attached hydrogens (tertiary/aromatic N) is 8. The summed E-state index contributed by atoms with van der Waals surface area (Å²) in [6, 6.07) is 12.3. The van der Waals surface area contributed by atoms with Gasteiger partial charge in [-0.15, -0.1) is 0 Å². The first-order chi connectivity index (χ1) is 20.1. The zero-order valence-electron chi connectivity index (χ0n) is 25.0. The van der Waals surface area contributed by atoms with Gasteiger partial charge in [-0.2, -0.15) is 10.2 Å². The van der Waals surface area contributed by atoms with E-state index in [0.29, 0.717) is 24.9 Å². The van der Waals surface area contributed by atoms with Crippen LogP contribution in [0.3, 0.4) is 0 Å². The van der Waals surface area contributed by atoms with E-state index in [1.165, 1.54) is 0 Å². The van der Waals surface area contributed by atoms with Crippen molar-refractivity contribution in [2.75, 3.05) is 38.0 Å². The molecule has 1 aromatic carbocycles. The molecule has 6 rings (SSSR count). The van der Waals surface area contributed by atoms with Crippen LogP contribution < -0.4 is 5.32 Å². The van der Waals surface area contributed by atoms with E-state index in [0.717, 1.165) is 66.4 Å². The predicted octanol–water partition coefficient (Wildman–Crippen LogP) is 4.70. The number of nitrogens with one attached hydrogen (secondary N) is 1. The number of carbonyl (C=O) groups excluding carboxylic acids is 1. The van der Waals surface area contributed by atoms with Crippen molar-refractivity contribution in [3.63, 3.8) is 0 Å². The van der Waals surface area contributed by atoms with Gasteiger partial charge in [-0.25, -0.2) is 14.8 Å². The largest absolute Gasteiger partial charge is 0.444 e. The number of anilines is 2. The number of rotatable bonds is 6. The van der Waals surface area contributed by atoms with Gasteiger partial charge in [-0.1, -0.05) is 37.3 Å². The average molecular weight is 570 g/mol. The first-order valence-corrected chi connectivity index (χ1v) is 14.6. The van der Waals surface area contributed by atoms with Crippen LogP contribution in [0.25, 0.3) is 22.5 Å². The molecule has 0 saturated carbocycles. The van der Waals surface area contributed by atoms with Gasteiger partial charge in [0.15, 0.2) is 5.82 Å².